The van der Waals surface area contributed by atoms with Gasteiger partial charge in [-0.05, 0) is 88.7 Å². The van der Waals surface area contributed by atoms with Crippen molar-refractivity contribution < 1.29 is 22.7 Å². The Hall–Kier alpha value is -4.05. The third-order valence-corrected chi connectivity index (χ3v) is 9.98. The molecule has 11 heteroatoms. The van der Waals surface area contributed by atoms with E-state index in [1.807, 2.05) is 65.0 Å². The monoisotopic (exact) mass is 709 g/mol. The molecule has 0 unspecified atom stereocenters. The average molecular weight is 711 g/mol. The number of hydrogen-bond acceptors (Lipinski definition) is 5. The summed E-state index contributed by atoms with van der Waals surface area (Å²) in [6.45, 7) is 8.94. The van der Waals surface area contributed by atoms with Crippen LogP contribution in [0.15, 0.2) is 102 Å². The first-order valence-corrected chi connectivity index (χ1v) is 17.8. The topological polar surface area (TPSA) is 96.0 Å². The van der Waals surface area contributed by atoms with Gasteiger partial charge in [-0.3, -0.25) is 13.9 Å². The normalized spacial score (nSPS) is 12.2. The van der Waals surface area contributed by atoms with Crippen molar-refractivity contribution in [3.8, 4) is 5.75 Å². The number of benzene rings is 4. The second kappa shape index (κ2) is 15.9. The zero-order valence-electron chi connectivity index (χ0n) is 27.7. The van der Waals surface area contributed by atoms with Gasteiger partial charge in [-0.15, -0.1) is 0 Å². The van der Waals surface area contributed by atoms with Gasteiger partial charge in [0, 0.05) is 34.1 Å². The fourth-order valence-corrected chi connectivity index (χ4v) is 7.03. The number of rotatable bonds is 13. The van der Waals surface area contributed by atoms with Crippen LogP contribution in [0.5, 0.6) is 5.75 Å². The van der Waals surface area contributed by atoms with E-state index >= 15 is 0 Å². The zero-order valence-corrected chi connectivity index (χ0v) is 30.1. The minimum absolute atomic E-state index is 0.0156. The number of anilines is 1. The summed E-state index contributed by atoms with van der Waals surface area (Å²) in [7, 11) is -4.26. The first-order chi connectivity index (χ1) is 22.7. The van der Waals surface area contributed by atoms with E-state index in [0.29, 0.717) is 28.0 Å². The molecule has 4 aromatic rings. The lowest BCUT2D eigenvalue weighted by Gasteiger charge is -2.35. The smallest absolute Gasteiger partial charge is 0.264 e. The molecule has 0 bridgehead atoms. The summed E-state index contributed by atoms with van der Waals surface area (Å²) < 4.78 is 35.2. The van der Waals surface area contributed by atoms with Gasteiger partial charge in [-0.2, -0.15) is 0 Å². The molecule has 0 radical (unpaired) electrons. The van der Waals surface area contributed by atoms with Gasteiger partial charge < -0.3 is 15.0 Å². The molecule has 0 aromatic heterocycles. The van der Waals surface area contributed by atoms with Crippen molar-refractivity contribution in [2.45, 2.75) is 64.1 Å². The molecule has 8 nitrogen and oxygen atoms in total. The molecule has 1 N–H and O–H groups in total. The van der Waals surface area contributed by atoms with Gasteiger partial charge in [0.1, 0.15) is 18.3 Å². The molecule has 0 aliphatic carbocycles. The van der Waals surface area contributed by atoms with E-state index in [9.17, 15) is 18.0 Å². The molecule has 254 valence electrons. The molecular formula is C37H41Cl2N3O5S. The van der Waals surface area contributed by atoms with Crippen LogP contribution >= 0.6 is 23.2 Å². The molecule has 0 saturated heterocycles. The predicted molar refractivity (Wildman–Crippen MR) is 192 cm³/mol. The molecule has 48 heavy (non-hydrogen) atoms. The Morgan fingerprint density at radius 2 is 1.46 bits per heavy atom. The van der Waals surface area contributed by atoms with Gasteiger partial charge in [0.25, 0.3) is 10.0 Å². The zero-order chi connectivity index (χ0) is 35.1. The number of carbonyl (C=O) groups excluding carboxylic acids is 2. The van der Waals surface area contributed by atoms with Crippen molar-refractivity contribution in [3.63, 3.8) is 0 Å². The number of hydrogen-bond donors (Lipinski definition) is 1. The van der Waals surface area contributed by atoms with Crippen LogP contribution in [0.4, 0.5) is 5.69 Å². The standard InChI is InChI=1S/C37H41Cl2N3O5S/c1-6-47-29-19-17-28(18-20-29)42(48(45,46)30-21-15-26(2)16-22-30)25-35(43)41(24-31-32(38)13-10-14-33(31)39)34(36(44)40-37(3,4)5)23-27-11-8-7-9-12-27/h7-22,34H,6,23-25H2,1-5H3,(H,40,44)/t34-/m0/s1. The molecule has 0 aliphatic heterocycles. The van der Waals surface area contributed by atoms with Crippen LogP contribution in [0.3, 0.4) is 0 Å². The number of sulfonamides is 1. The van der Waals surface area contributed by atoms with Crippen molar-refractivity contribution >= 4 is 50.7 Å². The number of halogens is 2. The summed E-state index contributed by atoms with van der Waals surface area (Å²) in [6, 6.07) is 26.2. The van der Waals surface area contributed by atoms with E-state index < -0.39 is 40.0 Å². The quantitative estimate of drug-likeness (QED) is 0.156. The van der Waals surface area contributed by atoms with Crippen LogP contribution in [0.1, 0.15) is 44.4 Å². The highest BCUT2D eigenvalue weighted by atomic mass is 35.5. The molecular weight excluding hydrogens is 669 g/mol. The van der Waals surface area contributed by atoms with Gasteiger partial charge in [-0.25, -0.2) is 8.42 Å². The number of nitrogens with one attached hydrogen (secondary N) is 1. The third-order valence-electron chi connectivity index (χ3n) is 7.48. The molecule has 4 aromatic carbocycles. The Bertz CT molecular complexity index is 1790. The lowest BCUT2D eigenvalue weighted by atomic mass is 10.0. The Balaban J connectivity index is 1.85. The van der Waals surface area contributed by atoms with Crippen molar-refractivity contribution in [1.82, 2.24) is 10.2 Å². The van der Waals surface area contributed by atoms with Gasteiger partial charge in [0.15, 0.2) is 0 Å². The van der Waals surface area contributed by atoms with Crippen LogP contribution in [0, 0.1) is 6.92 Å². The Morgan fingerprint density at radius 1 is 0.854 bits per heavy atom. The highest BCUT2D eigenvalue weighted by Crippen LogP contribution is 2.30. The number of aryl methyl sites for hydroxylation is 1. The summed E-state index contributed by atoms with van der Waals surface area (Å²) >= 11 is 13.2. The molecule has 0 heterocycles. The number of ether oxygens (including phenoxy) is 1. The lowest BCUT2D eigenvalue weighted by molar-refractivity contribution is -0.140. The van der Waals surface area contributed by atoms with Crippen molar-refractivity contribution in [2.75, 3.05) is 17.5 Å². The van der Waals surface area contributed by atoms with Crippen molar-refractivity contribution in [3.05, 3.63) is 124 Å². The Kier molecular flexibility index (Phi) is 12.2. The maximum absolute atomic E-state index is 14.7. The summed E-state index contributed by atoms with van der Waals surface area (Å²) in [5.41, 5.74) is 1.76. The van der Waals surface area contributed by atoms with Crippen molar-refractivity contribution in [1.29, 1.82) is 0 Å². The van der Waals surface area contributed by atoms with E-state index in [1.165, 1.54) is 17.0 Å². The Labute approximate surface area is 293 Å². The number of amides is 2. The Morgan fingerprint density at radius 3 is 2.02 bits per heavy atom. The third kappa shape index (κ3) is 9.52. The van der Waals surface area contributed by atoms with Gasteiger partial charge in [0.05, 0.1) is 17.2 Å². The molecule has 0 saturated carbocycles. The van der Waals surface area contributed by atoms with E-state index in [4.69, 9.17) is 27.9 Å². The minimum atomic E-state index is -4.26. The number of carbonyl (C=O) groups is 2. The molecule has 0 aliphatic rings. The first-order valence-electron chi connectivity index (χ1n) is 15.6. The molecule has 0 spiro atoms. The lowest BCUT2D eigenvalue weighted by Crippen LogP contribution is -2.56. The highest BCUT2D eigenvalue weighted by Gasteiger charge is 2.36. The average Bonchev–Trinajstić information content (AvgIpc) is 3.03. The fourth-order valence-electron chi connectivity index (χ4n) is 5.10. The number of nitrogens with zero attached hydrogens (tertiary/aromatic N) is 2. The van der Waals surface area contributed by atoms with E-state index in [2.05, 4.69) is 5.32 Å². The highest BCUT2D eigenvalue weighted by molar-refractivity contribution is 7.92. The molecule has 4 rings (SSSR count). The second-order valence-electron chi connectivity index (χ2n) is 12.4. The van der Waals surface area contributed by atoms with Crippen LogP contribution < -0.4 is 14.4 Å². The van der Waals surface area contributed by atoms with E-state index in [1.54, 1.807) is 54.6 Å². The predicted octanol–water partition coefficient (Wildman–Crippen LogP) is 7.45. The maximum Gasteiger partial charge on any atom is 0.264 e. The van der Waals surface area contributed by atoms with Crippen LogP contribution in [0.25, 0.3) is 0 Å². The van der Waals surface area contributed by atoms with Gasteiger partial charge in [-0.1, -0.05) is 77.3 Å². The van der Waals surface area contributed by atoms with Crippen LogP contribution in [0.2, 0.25) is 10.0 Å². The summed E-state index contributed by atoms with van der Waals surface area (Å²) in [6.07, 6.45) is 0.157. The molecule has 0 fully saturated rings. The maximum atomic E-state index is 14.7. The summed E-state index contributed by atoms with van der Waals surface area (Å²) in [5, 5.41) is 3.63. The van der Waals surface area contributed by atoms with E-state index in [-0.39, 0.29) is 23.5 Å². The largest absolute Gasteiger partial charge is 0.494 e. The molecule has 2 amide bonds. The summed E-state index contributed by atoms with van der Waals surface area (Å²) in [5.74, 6) is -0.477. The van der Waals surface area contributed by atoms with Crippen LogP contribution in [-0.2, 0) is 32.6 Å². The first kappa shape index (κ1) is 36.8. The fraction of sp³-hybridized carbons (Fsp3) is 0.297. The van der Waals surface area contributed by atoms with Crippen LogP contribution in [-0.4, -0.2) is 49.9 Å². The minimum Gasteiger partial charge on any atom is -0.494 e. The van der Waals surface area contributed by atoms with Gasteiger partial charge in [0.2, 0.25) is 11.8 Å². The SMILES string of the molecule is CCOc1ccc(N(CC(=O)N(Cc2c(Cl)cccc2Cl)[C@@H](Cc2ccccc2)C(=O)NC(C)(C)C)S(=O)(=O)c2ccc(C)cc2)cc1. The second-order valence-corrected chi connectivity index (χ2v) is 15.1. The van der Waals surface area contributed by atoms with Crippen molar-refractivity contribution in [2.24, 2.45) is 0 Å². The summed E-state index contributed by atoms with van der Waals surface area (Å²) in [4.78, 5) is 30.1. The van der Waals surface area contributed by atoms with E-state index in [0.717, 1.165) is 15.4 Å². The molecule has 1 atom stereocenters. The van der Waals surface area contributed by atoms with Gasteiger partial charge >= 0.3 is 0 Å².